The Kier molecular flexibility index (Phi) is 6.35. The summed E-state index contributed by atoms with van der Waals surface area (Å²) in [5.74, 6) is 0.873. The number of hydrogen-bond donors (Lipinski definition) is 1. The zero-order valence-corrected chi connectivity index (χ0v) is 18.0. The molecule has 0 amide bonds. The second-order valence-corrected chi connectivity index (χ2v) is 7.75. The average molecular weight is 424 g/mol. The monoisotopic (exact) mass is 423 g/mol. The van der Waals surface area contributed by atoms with Gasteiger partial charge in [-0.3, -0.25) is 9.67 Å². The van der Waals surface area contributed by atoms with Crippen LogP contribution >= 0.6 is 11.6 Å². The number of benzene rings is 2. The molecule has 0 aliphatic carbocycles. The first kappa shape index (κ1) is 20.4. The van der Waals surface area contributed by atoms with Crippen LogP contribution in [0.5, 0.6) is 0 Å². The zero-order valence-electron chi connectivity index (χ0n) is 17.3. The molecule has 1 aliphatic heterocycles. The summed E-state index contributed by atoms with van der Waals surface area (Å²) in [5.41, 5.74) is 4.63. The van der Waals surface area contributed by atoms with E-state index in [0.29, 0.717) is 13.2 Å². The maximum Gasteiger partial charge on any atom is 0.194 e. The quantitative estimate of drug-likeness (QED) is 0.511. The Morgan fingerprint density at radius 2 is 2.03 bits per heavy atom. The van der Waals surface area contributed by atoms with E-state index in [0.717, 1.165) is 35.2 Å². The van der Waals surface area contributed by atoms with Crippen molar-refractivity contribution in [3.8, 4) is 11.1 Å². The summed E-state index contributed by atoms with van der Waals surface area (Å²) in [6, 6.07) is 16.3. The van der Waals surface area contributed by atoms with Crippen LogP contribution in [0.15, 0.2) is 65.9 Å². The van der Waals surface area contributed by atoms with Gasteiger partial charge < -0.3 is 15.0 Å². The van der Waals surface area contributed by atoms with Crippen molar-refractivity contribution in [3.05, 3.63) is 77.1 Å². The summed E-state index contributed by atoms with van der Waals surface area (Å²) in [4.78, 5) is 6.75. The third-order valence-corrected chi connectivity index (χ3v) is 5.54. The standard InChI is InChI=1S/C23H26ClN5O/c1-25-23(29-11-12-30-22(16-29)19-14-27-28(2)15-19)26-13-18-5-3-4-6-21(18)17-7-9-20(24)10-8-17/h3-10,14-15,22H,11-13,16H2,1-2H3,(H,25,26). The predicted molar refractivity (Wildman–Crippen MR) is 121 cm³/mol. The minimum atomic E-state index is -0.00708. The molecule has 2 aromatic carbocycles. The molecule has 1 unspecified atom stereocenters. The van der Waals surface area contributed by atoms with Crippen LogP contribution in [0.2, 0.25) is 5.02 Å². The highest BCUT2D eigenvalue weighted by atomic mass is 35.5. The molecule has 0 bridgehead atoms. The van der Waals surface area contributed by atoms with Gasteiger partial charge in [0.2, 0.25) is 0 Å². The fourth-order valence-corrected chi connectivity index (χ4v) is 3.87. The Morgan fingerprint density at radius 1 is 1.23 bits per heavy atom. The lowest BCUT2D eigenvalue weighted by Gasteiger charge is -2.34. The number of guanidine groups is 1. The second-order valence-electron chi connectivity index (χ2n) is 7.32. The van der Waals surface area contributed by atoms with E-state index in [1.807, 2.05) is 38.6 Å². The lowest BCUT2D eigenvalue weighted by Crippen LogP contribution is -2.47. The van der Waals surface area contributed by atoms with E-state index < -0.39 is 0 Å². The number of rotatable bonds is 4. The van der Waals surface area contributed by atoms with Crippen LogP contribution < -0.4 is 5.32 Å². The van der Waals surface area contributed by atoms with Gasteiger partial charge in [-0.1, -0.05) is 48.0 Å². The van der Waals surface area contributed by atoms with Gasteiger partial charge in [0.05, 0.1) is 19.3 Å². The third-order valence-electron chi connectivity index (χ3n) is 5.28. The fraction of sp³-hybridized carbons (Fsp3) is 0.304. The van der Waals surface area contributed by atoms with Crippen molar-refractivity contribution in [2.75, 3.05) is 26.7 Å². The van der Waals surface area contributed by atoms with Crippen LogP contribution in [0.4, 0.5) is 0 Å². The van der Waals surface area contributed by atoms with Crippen molar-refractivity contribution in [2.45, 2.75) is 12.6 Å². The molecule has 156 valence electrons. The molecular formula is C23H26ClN5O. The number of halogens is 1. The van der Waals surface area contributed by atoms with Gasteiger partial charge in [-0.05, 0) is 28.8 Å². The van der Waals surface area contributed by atoms with Crippen LogP contribution in [0.1, 0.15) is 17.2 Å². The fourth-order valence-electron chi connectivity index (χ4n) is 3.74. The van der Waals surface area contributed by atoms with Crippen molar-refractivity contribution < 1.29 is 4.74 Å². The summed E-state index contributed by atoms with van der Waals surface area (Å²) < 4.78 is 7.77. The van der Waals surface area contributed by atoms with Crippen LogP contribution in [0.25, 0.3) is 11.1 Å². The number of hydrogen-bond acceptors (Lipinski definition) is 3. The third kappa shape index (κ3) is 4.66. The summed E-state index contributed by atoms with van der Waals surface area (Å²) in [7, 11) is 3.74. The van der Waals surface area contributed by atoms with Crippen LogP contribution in [-0.4, -0.2) is 47.4 Å². The number of nitrogens with one attached hydrogen (secondary N) is 1. The molecule has 0 saturated carbocycles. The first-order valence-electron chi connectivity index (χ1n) is 10.0. The van der Waals surface area contributed by atoms with Gasteiger partial charge in [-0.25, -0.2) is 0 Å². The Hall–Kier alpha value is -2.83. The number of morpholine rings is 1. The van der Waals surface area contributed by atoms with Gasteiger partial charge in [0, 0.05) is 44.0 Å². The lowest BCUT2D eigenvalue weighted by atomic mass is 10.00. The molecule has 1 aromatic heterocycles. The normalized spacial score (nSPS) is 17.2. The number of aryl methyl sites for hydroxylation is 1. The van der Waals surface area contributed by atoms with E-state index in [4.69, 9.17) is 16.3 Å². The van der Waals surface area contributed by atoms with E-state index in [1.54, 1.807) is 4.68 Å². The van der Waals surface area contributed by atoms with E-state index >= 15 is 0 Å². The first-order chi connectivity index (χ1) is 14.6. The van der Waals surface area contributed by atoms with Crippen LogP contribution in [0.3, 0.4) is 0 Å². The minimum absolute atomic E-state index is 0.00708. The van der Waals surface area contributed by atoms with Gasteiger partial charge >= 0.3 is 0 Å². The largest absolute Gasteiger partial charge is 0.370 e. The Balaban J connectivity index is 1.46. The molecule has 1 atom stereocenters. The van der Waals surface area contributed by atoms with Crippen molar-refractivity contribution in [1.29, 1.82) is 0 Å². The molecule has 3 aromatic rings. The van der Waals surface area contributed by atoms with E-state index in [2.05, 4.69) is 56.7 Å². The van der Waals surface area contributed by atoms with Crippen molar-refractivity contribution in [1.82, 2.24) is 20.0 Å². The van der Waals surface area contributed by atoms with E-state index in [9.17, 15) is 0 Å². The summed E-state index contributed by atoms with van der Waals surface area (Å²) in [6.45, 7) is 2.88. The Bertz CT molecular complexity index is 1010. The molecule has 7 heteroatoms. The minimum Gasteiger partial charge on any atom is -0.370 e. The van der Waals surface area contributed by atoms with Crippen LogP contribution in [0, 0.1) is 0 Å². The number of aromatic nitrogens is 2. The van der Waals surface area contributed by atoms with Gasteiger partial charge in [-0.2, -0.15) is 5.10 Å². The Labute approximate surface area is 182 Å². The molecule has 30 heavy (non-hydrogen) atoms. The Morgan fingerprint density at radius 3 is 2.77 bits per heavy atom. The van der Waals surface area contributed by atoms with E-state index in [1.165, 1.54) is 11.1 Å². The number of nitrogens with zero attached hydrogens (tertiary/aromatic N) is 4. The number of ether oxygens (including phenoxy) is 1. The molecule has 1 N–H and O–H groups in total. The molecule has 0 spiro atoms. The summed E-state index contributed by atoms with van der Waals surface area (Å²) in [6.07, 6.45) is 3.87. The predicted octanol–water partition coefficient (Wildman–Crippen LogP) is 3.89. The second kappa shape index (κ2) is 9.32. The molecule has 6 nitrogen and oxygen atoms in total. The molecule has 1 fully saturated rings. The van der Waals surface area contributed by atoms with E-state index in [-0.39, 0.29) is 6.10 Å². The van der Waals surface area contributed by atoms with Crippen molar-refractivity contribution >= 4 is 17.6 Å². The number of aliphatic imine (C=N–C) groups is 1. The molecule has 1 aliphatic rings. The highest BCUT2D eigenvalue weighted by Gasteiger charge is 2.25. The van der Waals surface area contributed by atoms with Gasteiger partial charge in [-0.15, -0.1) is 0 Å². The van der Waals surface area contributed by atoms with Crippen molar-refractivity contribution in [2.24, 2.45) is 12.0 Å². The smallest absolute Gasteiger partial charge is 0.194 e. The van der Waals surface area contributed by atoms with Crippen LogP contribution in [-0.2, 0) is 18.3 Å². The highest BCUT2D eigenvalue weighted by Crippen LogP contribution is 2.26. The lowest BCUT2D eigenvalue weighted by molar-refractivity contribution is -0.00805. The molecular weight excluding hydrogens is 398 g/mol. The zero-order chi connectivity index (χ0) is 20.9. The average Bonchev–Trinajstić information content (AvgIpc) is 3.22. The van der Waals surface area contributed by atoms with Gasteiger partial charge in [0.1, 0.15) is 6.10 Å². The summed E-state index contributed by atoms with van der Waals surface area (Å²) in [5, 5.41) is 8.53. The highest BCUT2D eigenvalue weighted by molar-refractivity contribution is 6.30. The maximum atomic E-state index is 6.05. The molecule has 1 saturated heterocycles. The van der Waals surface area contributed by atoms with Gasteiger partial charge in [0.15, 0.2) is 5.96 Å². The molecule has 0 radical (unpaired) electrons. The topological polar surface area (TPSA) is 54.7 Å². The molecule has 2 heterocycles. The first-order valence-corrected chi connectivity index (χ1v) is 10.4. The molecule has 4 rings (SSSR count). The maximum absolute atomic E-state index is 6.05. The summed E-state index contributed by atoms with van der Waals surface area (Å²) >= 11 is 6.05. The van der Waals surface area contributed by atoms with Crippen molar-refractivity contribution in [3.63, 3.8) is 0 Å². The van der Waals surface area contributed by atoms with Gasteiger partial charge in [0.25, 0.3) is 0 Å². The SMILES string of the molecule is CN=C(NCc1ccccc1-c1ccc(Cl)cc1)N1CCOC(c2cnn(C)c2)C1.